The highest BCUT2D eigenvalue weighted by Gasteiger charge is 2.38. The van der Waals surface area contributed by atoms with Crippen LogP contribution in [0.4, 0.5) is 0 Å². The number of fused-ring (bicyclic) bond motifs is 3. The van der Waals surface area contributed by atoms with Gasteiger partial charge < -0.3 is 15.0 Å². The Hall–Kier alpha value is -2.07. The smallest absolute Gasteiger partial charge is 0.251 e. The molecule has 3 atom stereocenters. The maximum absolute atomic E-state index is 12.5. The number of hydrogen-bond donors (Lipinski definition) is 1. The van der Waals surface area contributed by atoms with Gasteiger partial charge in [0.25, 0.3) is 5.91 Å². The number of carbonyl (C=O) groups is 1. The van der Waals surface area contributed by atoms with Crippen molar-refractivity contribution in [2.45, 2.75) is 12.5 Å². The molecule has 1 amide bonds. The molecule has 2 aliphatic rings. The van der Waals surface area contributed by atoms with Crippen LogP contribution in [0.15, 0.2) is 36.4 Å². The fraction of sp³-hybridized carbons (Fsp3) is 0.389. The highest BCUT2D eigenvalue weighted by atomic mass is 16.5. The average molecular weight is 296 g/mol. The quantitative estimate of drug-likeness (QED) is 0.945. The molecular weight excluding hydrogens is 276 g/mol. The molecule has 2 saturated heterocycles. The third kappa shape index (κ3) is 2.24. The van der Waals surface area contributed by atoms with Crippen LogP contribution >= 0.6 is 0 Å². The van der Waals surface area contributed by atoms with Gasteiger partial charge in [0.05, 0.1) is 7.11 Å². The van der Waals surface area contributed by atoms with E-state index in [2.05, 4.69) is 10.2 Å². The first kappa shape index (κ1) is 13.6. The number of amides is 1. The molecular formula is C18H20N2O2. The third-order valence-electron chi connectivity index (χ3n) is 4.97. The molecule has 22 heavy (non-hydrogen) atoms. The Morgan fingerprint density at radius 3 is 2.91 bits per heavy atom. The Bertz CT molecular complexity index is 728. The second-order valence-electron chi connectivity index (χ2n) is 6.28. The summed E-state index contributed by atoms with van der Waals surface area (Å²) < 4.78 is 5.40. The number of methoxy groups -OCH3 is 1. The summed E-state index contributed by atoms with van der Waals surface area (Å²) in [5.41, 5.74) is 0.703. The van der Waals surface area contributed by atoms with Gasteiger partial charge in [-0.3, -0.25) is 4.79 Å². The first-order valence-electron chi connectivity index (χ1n) is 7.84. The van der Waals surface area contributed by atoms with E-state index >= 15 is 0 Å². The largest absolute Gasteiger partial charge is 0.496 e. The molecule has 2 bridgehead atoms. The van der Waals surface area contributed by atoms with E-state index in [1.54, 1.807) is 7.11 Å². The third-order valence-corrected chi connectivity index (χ3v) is 4.97. The summed E-state index contributed by atoms with van der Waals surface area (Å²) in [6.45, 7) is 3.31. The Labute approximate surface area is 130 Å². The number of ether oxygens (including phenoxy) is 1. The van der Waals surface area contributed by atoms with E-state index in [4.69, 9.17) is 4.74 Å². The summed E-state index contributed by atoms with van der Waals surface area (Å²) in [5, 5.41) is 5.27. The number of hydrogen-bond acceptors (Lipinski definition) is 3. The standard InChI is InChI=1S/C18H20N2O2/c1-22-17-4-2-3-12-5-6-13(9-15(12)17)18(21)19-16-11-20-8-7-14(16)10-20/h2-6,9,14,16H,7-8,10-11H2,1H3,(H,19,21)/t14-,16?/m0/s1. The highest BCUT2D eigenvalue weighted by Crippen LogP contribution is 2.29. The zero-order chi connectivity index (χ0) is 15.1. The second kappa shape index (κ2) is 5.29. The maximum atomic E-state index is 12.5. The van der Waals surface area contributed by atoms with Crippen molar-refractivity contribution in [2.24, 2.45) is 5.92 Å². The summed E-state index contributed by atoms with van der Waals surface area (Å²) in [4.78, 5) is 15.0. The van der Waals surface area contributed by atoms with E-state index in [1.165, 1.54) is 13.0 Å². The van der Waals surface area contributed by atoms with Crippen LogP contribution in [0.5, 0.6) is 5.75 Å². The van der Waals surface area contributed by atoms with Gasteiger partial charge in [-0.2, -0.15) is 0 Å². The Balaban J connectivity index is 1.59. The van der Waals surface area contributed by atoms with Gasteiger partial charge in [-0.25, -0.2) is 0 Å². The number of nitrogens with one attached hydrogen (secondary N) is 1. The lowest BCUT2D eigenvalue weighted by Crippen LogP contribution is -2.43. The molecule has 4 nitrogen and oxygen atoms in total. The fourth-order valence-electron chi connectivity index (χ4n) is 3.76. The van der Waals surface area contributed by atoms with Crippen LogP contribution in [0, 0.1) is 5.92 Å². The van der Waals surface area contributed by atoms with Crippen LogP contribution in [-0.2, 0) is 0 Å². The van der Waals surface area contributed by atoms with Crippen molar-refractivity contribution >= 4 is 16.7 Å². The Morgan fingerprint density at radius 2 is 2.18 bits per heavy atom. The average Bonchev–Trinajstić information content (AvgIpc) is 3.16. The molecule has 0 radical (unpaired) electrons. The molecule has 0 aliphatic carbocycles. The second-order valence-corrected chi connectivity index (χ2v) is 6.28. The molecule has 0 saturated carbocycles. The van der Waals surface area contributed by atoms with Crippen molar-refractivity contribution in [1.29, 1.82) is 0 Å². The summed E-state index contributed by atoms with van der Waals surface area (Å²) in [6.07, 6.45) is 1.20. The molecule has 0 aromatic heterocycles. The van der Waals surface area contributed by atoms with Gasteiger partial charge >= 0.3 is 0 Å². The molecule has 2 unspecified atom stereocenters. The van der Waals surface area contributed by atoms with Crippen molar-refractivity contribution in [2.75, 3.05) is 26.7 Å². The van der Waals surface area contributed by atoms with Gasteiger partial charge in [0.2, 0.25) is 0 Å². The van der Waals surface area contributed by atoms with Crippen LogP contribution in [0.3, 0.4) is 0 Å². The monoisotopic (exact) mass is 296 g/mol. The number of carbonyl (C=O) groups excluding carboxylic acids is 1. The van der Waals surface area contributed by atoms with E-state index in [1.807, 2.05) is 36.4 Å². The zero-order valence-corrected chi connectivity index (χ0v) is 12.7. The number of benzene rings is 2. The van der Waals surface area contributed by atoms with E-state index in [-0.39, 0.29) is 5.91 Å². The lowest BCUT2D eigenvalue weighted by atomic mass is 9.99. The minimum absolute atomic E-state index is 0.0200. The van der Waals surface area contributed by atoms with Gasteiger partial charge in [-0.1, -0.05) is 18.2 Å². The Morgan fingerprint density at radius 1 is 1.27 bits per heavy atom. The number of piperidine rings is 1. The predicted molar refractivity (Wildman–Crippen MR) is 86.3 cm³/mol. The minimum Gasteiger partial charge on any atom is -0.496 e. The lowest BCUT2D eigenvalue weighted by molar-refractivity contribution is 0.0924. The minimum atomic E-state index is 0.0200. The van der Waals surface area contributed by atoms with Crippen LogP contribution in [0.2, 0.25) is 0 Å². The molecule has 0 spiro atoms. The van der Waals surface area contributed by atoms with E-state index < -0.39 is 0 Å². The predicted octanol–water partition coefficient (Wildman–Crippen LogP) is 2.28. The Kier molecular flexibility index (Phi) is 3.26. The SMILES string of the molecule is COc1cccc2ccc(C(=O)NC3CN4CC[C@H]3C4)cc12. The fourth-order valence-corrected chi connectivity index (χ4v) is 3.76. The maximum Gasteiger partial charge on any atom is 0.251 e. The van der Waals surface area contributed by atoms with Crippen LogP contribution in [-0.4, -0.2) is 43.6 Å². The van der Waals surface area contributed by atoms with Crippen molar-refractivity contribution in [3.05, 3.63) is 42.0 Å². The van der Waals surface area contributed by atoms with Gasteiger partial charge in [-0.15, -0.1) is 0 Å². The molecule has 2 aromatic carbocycles. The molecule has 4 heteroatoms. The van der Waals surface area contributed by atoms with Crippen LogP contribution in [0.25, 0.3) is 10.8 Å². The number of nitrogens with zero attached hydrogens (tertiary/aromatic N) is 1. The van der Waals surface area contributed by atoms with Crippen molar-refractivity contribution in [3.63, 3.8) is 0 Å². The van der Waals surface area contributed by atoms with Crippen molar-refractivity contribution in [3.8, 4) is 5.75 Å². The van der Waals surface area contributed by atoms with E-state index in [0.717, 1.165) is 29.6 Å². The summed E-state index contributed by atoms with van der Waals surface area (Å²) in [6, 6.07) is 12.0. The van der Waals surface area contributed by atoms with Gasteiger partial charge in [0.15, 0.2) is 0 Å². The number of rotatable bonds is 3. The van der Waals surface area contributed by atoms with Crippen LogP contribution in [0.1, 0.15) is 16.8 Å². The molecule has 2 heterocycles. The first-order valence-corrected chi connectivity index (χ1v) is 7.84. The van der Waals surface area contributed by atoms with Gasteiger partial charge in [0.1, 0.15) is 5.75 Å². The highest BCUT2D eigenvalue weighted by molar-refractivity contribution is 6.00. The molecule has 2 aromatic rings. The van der Waals surface area contributed by atoms with Crippen molar-refractivity contribution in [1.82, 2.24) is 10.2 Å². The summed E-state index contributed by atoms with van der Waals surface area (Å²) in [5.74, 6) is 1.45. The lowest BCUT2D eigenvalue weighted by Gasteiger charge is -2.23. The molecule has 2 aliphatic heterocycles. The van der Waals surface area contributed by atoms with Crippen LogP contribution < -0.4 is 10.1 Å². The van der Waals surface area contributed by atoms with E-state index in [9.17, 15) is 4.79 Å². The topological polar surface area (TPSA) is 41.6 Å². The molecule has 4 rings (SSSR count). The van der Waals surface area contributed by atoms with E-state index in [0.29, 0.717) is 17.5 Å². The zero-order valence-electron chi connectivity index (χ0n) is 12.7. The molecule has 1 N–H and O–H groups in total. The van der Waals surface area contributed by atoms with Gasteiger partial charge in [-0.05, 0) is 42.5 Å². The summed E-state index contributed by atoms with van der Waals surface area (Å²) in [7, 11) is 1.66. The normalized spacial score (nSPS) is 26.3. The molecule has 2 fully saturated rings. The molecule has 114 valence electrons. The van der Waals surface area contributed by atoms with Gasteiger partial charge in [0, 0.05) is 30.1 Å². The first-order chi connectivity index (χ1) is 10.7. The van der Waals surface area contributed by atoms with Crippen molar-refractivity contribution < 1.29 is 9.53 Å². The summed E-state index contributed by atoms with van der Waals surface area (Å²) >= 11 is 0.